The average Bonchev–Trinajstić information content (AvgIpc) is 2.96. The smallest absolute Gasteiger partial charge is 0.316 e. The summed E-state index contributed by atoms with van der Waals surface area (Å²) in [7, 11) is 0. The molecule has 2 heterocycles. The molecule has 6 heteroatoms. The van der Waals surface area contributed by atoms with E-state index in [1.165, 1.54) is 9.75 Å². The van der Waals surface area contributed by atoms with Crippen LogP contribution in [0.5, 0.6) is 0 Å². The SMILES string of the molecule is CCNCc1nnc(NC(C)c2ccc(C)s2)o1. The van der Waals surface area contributed by atoms with Gasteiger partial charge in [0.2, 0.25) is 5.89 Å². The maximum Gasteiger partial charge on any atom is 0.316 e. The summed E-state index contributed by atoms with van der Waals surface area (Å²) in [6, 6.07) is 4.88. The van der Waals surface area contributed by atoms with Crippen LogP contribution in [-0.2, 0) is 6.54 Å². The molecule has 98 valence electrons. The Labute approximate surface area is 111 Å². The summed E-state index contributed by atoms with van der Waals surface area (Å²) >= 11 is 1.77. The number of nitrogens with zero attached hydrogens (tertiary/aromatic N) is 2. The van der Waals surface area contributed by atoms with Gasteiger partial charge in [-0.2, -0.15) is 0 Å². The fourth-order valence-corrected chi connectivity index (χ4v) is 2.44. The van der Waals surface area contributed by atoms with Crippen molar-refractivity contribution in [2.24, 2.45) is 0 Å². The molecule has 0 saturated carbocycles. The van der Waals surface area contributed by atoms with E-state index in [9.17, 15) is 0 Å². The molecule has 0 aliphatic carbocycles. The average molecular weight is 266 g/mol. The summed E-state index contributed by atoms with van der Waals surface area (Å²) in [5, 5.41) is 14.3. The Hall–Kier alpha value is -1.40. The molecule has 0 radical (unpaired) electrons. The van der Waals surface area contributed by atoms with Crippen LogP contribution >= 0.6 is 11.3 Å². The van der Waals surface area contributed by atoms with Gasteiger partial charge in [-0.25, -0.2) is 0 Å². The summed E-state index contributed by atoms with van der Waals surface area (Å²) in [5.41, 5.74) is 0. The minimum atomic E-state index is 0.177. The Morgan fingerprint density at radius 2 is 2.22 bits per heavy atom. The Bertz CT molecular complexity index is 494. The van der Waals surface area contributed by atoms with E-state index in [0.29, 0.717) is 18.5 Å². The molecule has 0 aromatic carbocycles. The topological polar surface area (TPSA) is 63.0 Å². The van der Waals surface area contributed by atoms with Gasteiger partial charge in [0.1, 0.15) is 0 Å². The molecule has 0 spiro atoms. The zero-order valence-electron chi connectivity index (χ0n) is 10.9. The van der Waals surface area contributed by atoms with Gasteiger partial charge in [0, 0.05) is 9.75 Å². The zero-order valence-corrected chi connectivity index (χ0v) is 11.7. The molecule has 0 saturated heterocycles. The second-order valence-electron chi connectivity index (χ2n) is 4.10. The number of anilines is 1. The lowest BCUT2D eigenvalue weighted by atomic mass is 10.3. The highest BCUT2D eigenvalue weighted by Crippen LogP contribution is 2.25. The largest absolute Gasteiger partial charge is 0.407 e. The Morgan fingerprint density at radius 3 is 2.89 bits per heavy atom. The molecule has 1 atom stereocenters. The van der Waals surface area contributed by atoms with E-state index in [0.717, 1.165) is 6.54 Å². The maximum atomic E-state index is 5.49. The van der Waals surface area contributed by atoms with Gasteiger partial charge in [0.25, 0.3) is 0 Å². The van der Waals surface area contributed by atoms with Crippen LogP contribution in [0.25, 0.3) is 0 Å². The van der Waals surface area contributed by atoms with Crippen LogP contribution < -0.4 is 10.6 Å². The van der Waals surface area contributed by atoms with Gasteiger partial charge in [-0.15, -0.1) is 16.4 Å². The lowest BCUT2D eigenvalue weighted by molar-refractivity contribution is 0.478. The lowest BCUT2D eigenvalue weighted by Gasteiger charge is -2.08. The van der Waals surface area contributed by atoms with Crippen LogP contribution in [0, 0.1) is 6.92 Å². The molecule has 0 amide bonds. The van der Waals surface area contributed by atoms with E-state index in [1.807, 2.05) is 6.92 Å². The van der Waals surface area contributed by atoms with Crippen molar-refractivity contribution in [1.29, 1.82) is 0 Å². The summed E-state index contributed by atoms with van der Waals surface area (Å²) in [6.45, 7) is 7.71. The monoisotopic (exact) mass is 266 g/mol. The van der Waals surface area contributed by atoms with E-state index in [-0.39, 0.29) is 6.04 Å². The van der Waals surface area contributed by atoms with E-state index in [2.05, 4.69) is 46.8 Å². The van der Waals surface area contributed by atoms with Crippen molar-refractivity contribution in [3.05, 3.63) is 27.8 Å². The molecule has 2 rings (SSSR count). The summed E-state index contributed by atoms with van der Waals surface area (Å²) in [4.78, 5) is 2.57. The first-order valence-electron chi connectivity index (χ1n) is 6.05. The standard InChI is InChI=1S/C12H18N4OS/c1-4-13-7-11-15-16-12(17-11)14-9(3)10-6-5-8(2)18-10/h5-6,9,13H,4,7H2,1-3H3,(H,14,16). The molecule has 1 unspecified atom stereocenters. The maximum absolute atomic E-state index is 5.49. The van der Waals surface area contributed by atoms with Gasteiger partial charge in [-0.3, -0.25) is 0 Å². The molecular formula is C12H18N4OS. The third-order valence-electron chi connectivity index (χ3n) is 2.52. The highest BCUT2D eigenvalue weighted by Gasteiger charge is 2.11. The first-order chi connectivity index (χ1) is 8.69. The van der Waals surface area contributed by atoms with Gasteiger partial charge in [-0.05, 0) is 32.5 Å². The zero-order chi connectivity index (χ0) is 13.0. The number of aromatic nitrogens is 2. The highest BCUT2D eigenvalue weighted by molar-refractivity contribution is 7.12. The molecular weight excluding hydrogens is 248 g/mol. The third kappa shape index (κ3) is 3.30. The molecule has 18 heavy (non-hydrogen) atoms. The van der Waals surface area contributed by atoms with Crippen LogP contribution in [0.15, 0.2) is 16.5 Å². The van der Waals surface area contributed by atoms with Crippen LogP contribution in [0.1, 0.15) is 35.5 Å². The van der Waals surface area contributed by atoms with Crippen molar-refractivity contribution in [3.8, 4) is 0 Å². The van der Waals surface area contributed by atoms with Crippen LogP contribution in [0.4, 0.5) is 6.01 Å². The molecule has 2 N–H and O–H groups in total. The van der Waals surface area contributed by atoms with Crippen molar-refractivity contribution >= 4 is 17.4 Å². The minimum absolute atomic E-state index is 0.177. The predicted molar refractivity (Wildman–Crippen MR) is 72.8 cm³/mol. The van der Waals surface area contributed by atoms with E-state index < -0.39 is 0 Å². The molecule has 0 fully saturated rings. The van der Waals surface area contributed by atoms with E-state index in [4.69, 9.17) is 4.42 Å². The second-order valence-corrected chi connectivity index (χ2v) is 5.42. The Morgan fingerprint density at radius 1 is 1.39 bits per heavy atom. The number of aryl methyl sites for hydroxylation is 1. The van der Waals surface area contributed by atoms with Crippen molar-refractivity contribution in [1.82, 2.24) is 15.5 Å². The fourth-order valence-electron chi connectivity index (χ4n) is 1.56. The van der Waals surface area contributed by atoms with Crippen molar-refractivity contribution in [2.45, 2.75) is 33.4 Å². The van der Waals surface area contributed by atoms with Crippen LogP contribution in [-0.4, -0.2) is 16.7 Å². The van der Waals surface area contributed by atoms with Gasteiger partial charge in [0.05, 0.1) is 12.6 Å². The van der Waals surface area contributed by atoms with Gasteiger partial charge >= 0.3 is 6.01 Å². The Balaban J connectivity index is 1.94. The third-order valence-corrected chi connectivity index (χ3v) is 3.70. The molecule has 2 aromatic heterocycles. The molecule has 2 aromatic rings. The molecule has 5 nitrogen and oxygen atoms in total. The minimum Gasteiger partial charge on any atom is -0.407 e. The summed E-state index contributed by atoms with van der Waals surface area (Å²) < 4.78 is 5.49. The van der Waals surface area contributed by atoms with Crippen molar-refractivity contribution in [2.75, 3.05) is 11.9 Å². The molecule has 0 aliphatic rings. The number of rotatable bonds is 6. The molecule has 0 aliphatic heterocycles. The van der Waals surface area contributed by atoms with Crippen LogP contribution in [0.2, 0.25) is 0 Å². The Kier molecular flexibility index (Phi) is 4.33. The quantitative estimate of drug-likeness (QED) is 0.841. The van der Waals surface area contributed by atoms with Crippen LogP contribution in [0.3, 0.4) is 0 Å². The van der Waals surface area contributed by atoms with Gasteiger partial charge < -0.3 is 15.1 Å². The van der Waals surface area contributed by atoms with Gasteiger partial charge in [-0.1, -0.05) is 12.0 Å². The molecule has 0 bridgehead atoms. The summed E-state index contributed by atoms with van der Waals surface area (Å²) in [6.07, 6.45) is 0. The number of hydrogen-bond acceptors (Lipinski definition) is 6. The first kappa shape index (κ1) is 13.0. The number of nitrogens with one attached hydrogen (secondary N) is 2. The highest BCUT2D eigenvalue weighted by atomic mass is 32.1. The number of thiophene rings is 1. The van der Waals surface area contributed by atoms with E-state index >= 15 is 0 Å². The first-order valence-corrected chi connectivity index (χ1v) is 6.86. The number of hydrogen-bond donors (Lipinski definition) is 2. The fraction of sp³-hybridized carbons (Fsp3) is 0.500. The lowest BCUT2D eigenvalue weighted by Crippen LogP contribution is -2.11. The predicted octanol–water partition coefficient (Wildman–Crippen LogP) is 2.72. The van der Waals surface area contributed by atoms with Gasteiger partial charge in [0.15, 0.2) is 0 Å². The normalized spacial score (nSPS) is 12.6. The second kappa shape index (κ2) is 5.97. The van der Waals surface area contributed by atoms with Crippen molar-refractivity contribution in [3.63, 3.8) is 0 Å². The van der Waals surface area contributed by atoms with E-state index in [1.54, 1.807) is 11.3 Å². The summed E-state index contributed by atoms with van der Waals surface area (Å²) in [5.74, 6) is 0.605. The van der Waals surface area contributed by atoms with Crippen molar-refractivity contribution < 1.29 is 4.42 Å².